The molecule has 0 bridgehead atoms. The number of carbonyl (C=O) groups excluding carboxylic acids is 1. The summed E-state index contributed by atoms with van der Waals surface area (Å²) >= 11 is 3.26. The molecule has 1 rings (SSSR count). The second-order valence-corrected chi connectivity index (χ2v) is 9.02. The van der Waals surface area contributed by atoms with Gasteiger partial charge in [0.2, 0.25) is 0 Å². The highest BCUT2D eigenvalue weighted by atomic mass is 79.9. The topological polar surface area (TPSA) is 50.4 Å². The maximum Gasteiger partial charge on any atom is 0.407 e. The first-order chi connectivity index (χ1) is 11.4. The van der Waals surface area contributed by atoms with Gasteiger partial charge in [0.1, 0.15) is 11.4 Å². The third-order valence-electron chi connectivity index (χ3n) is 3.60. The zero-order chi connectivity index (χ0) is 19.3. The molecule has 0 aromatic heterocycles. The van der Waals surface area contributed by atoms with Crippen LogP contribution in [0.5, 0.6) is 0 Å². The van der Waals surface area contributed by atoms with E-state index >= 15 is 0 Å². The minimum Gasteiger partial charge on any atom is -0.444 e. The van der Waals surface area contributed by atoms with Crippen LogP contribution in [-0.4, -0.2) is 23.8 Å². The molecule has 1 unspecified atom stereocenters. The van der Waals surface area contributed by atoms with E-state index in [0.29, 0.717) is 29.0 Å². The number of hydrogen-bond acceptors (Lipinski definition) is 3. The van der Waals surface area contributed by atoms with Crippen molar-refractivity contribution in [1.82, 2.24) is 10.6 Å². The molecule has 0 aliphatic carbocycles. The fourth-order valence-electron chi connectivity index (χ4n) is 2.66. The summed E-state index contributed by atoms with van der Waals surface area (Å²) < 4.78 is 20.0. The Hall–Kier alpha value is -1.14. The Balaban J connectivity index is 2.72. The molecule has 1 amide bonds. The molecule has 25 heavy (non-hydrogen) atoms. The van der Waals surface area contributed by atoms with E-state index in [0.717, 1.165) is 6.42 Å². The molecular weight excluding hydrogens is 387 g/mol. The second kappa shape index (κ2) is 8.99. The molecule has 0 spiro atoms. The molecule has 142 valence electrons. The maximum atomic E-state index is 14.0. The van der Waals surface area contributed by atoms with E-state index in [9.17, 15) is 9.18 Å². The van der Waals surface area contributed by atoms with Gasteiger partial charge in [-0.2, -0.15) is 0 Å². The van der Waals surface area contributed by atoms with Crippen molar-refractivity contribution in [1.29, 1.82) is 0 Å². The van der Waals surface area contributed by atoms with Crippen molar-refractivity contribution in [2.75, 3.05) is 6.54 Å². The van der Waals surface area contributed by atoms with Crippen LogP contribution in [0.25, 0.3) is 0 Å². The van der Waals surface area contributed by atoms with Crippen molar-refractivity contribution >= 4 is 22.0 Å². The van der Waals surface area contributed by atoms with Crippen molar-refractivity contribution in [3.05, 3.63) is 34.1 Å². The van der Waals surface area contributed by atoms with Gasteiger partial charge in [-0.05, 0) is 52.2 Å². The number of benzene rings is 1. The minimum atomic E-state index is -0.535. The minimum absolute atomic E-state index is 0.256. The molecule has 0 radical (unpaired) electrons. The molecule has 0 saturated carbocycles. The predicted molar refractivity (Wildman–Crippen MR) is 103 cm³/mol. The lowest BCUT2D eigenvalue weighted by Gasteiger charge is -2.33. The van der Waals surface area contributed by atoms with Gasteiger partial charge in [-0.15, -0.1) is 0 Å². The van der Waals surface area contributed by atoms with Crippen molar-refractivity contribution in [3.63, 3.8) is 0 Å². The summed E-state index contributed by atoms with van der Waals surface area (Å²) in [7, 11) is 0. The zero-order valence-electron chi connectivity index (χ0n) is 16.0. The molecule has 0 aliphatic rings. The monoisotopic (exact) mass is 416 g/mol. The zero-order valence-corrected chi connectivity index (χ0v) is 17.6. The Bertz CT molecular complexity index is 587. The normalized spacial score (nSPS) is 14.3. The van der Waals surface area contributed by atoms with E-state index in [1.54, 1.807) is 6.07 Å². The highest BCUT2D eigenvalue weighted by molar-refractivity contribution is 9.10. The first kappa shape index (κ1) is 21.9. The second-order valence-electron chi connectivity index (χ2n) is 8.10. The molecular formula is C19H30BrFN2O2. The van der Waals surface area contributed by atoms with Gasteiger partial charge < -0.3 is 15.4 Å². The largest absolute Gasteiger partial charge is 0.444 e. The van der Waals surface area contributed by atoms with E-state index in [1.807, 2.05) is 33.8 Å². The van der Waals surface area contributed by atoms with Gasteiger partial charge in [0.15, 0.2) is 0 Å². The van der Waals surface area contributed by atoms with Crippen LogP contribution in [0.3, 0.4) is 0 Å². The van der Waals surface area contributed by atoms with Crippen LogP contribution >= 0.6 is 15.9 Å². The van der Waals surface area contributed by atoms with Crippen molar-refractivity contribution in [2.45, 2.75) is 65.6 Å². The van der Waals surface area contributed by atoms with E-state index < -0.39 is 11.7 Å². The molecule has 2 N–H and O–H groups in total. The first-order valence-corrected chi connectivity index (χ1v) is 9.35. The van der Waals surface area contributed by atoms with Gasteiger partial charge >= 0.3 is 6.09 Å². The van der Waals surface area contributed by atoms with Crippen molar-refractivity contribution in [2.24, 2.45) is 5.92 Å². The summed E-state index contributed by atoms with van der Waals surface area (Å²) in [5.74, 6) is 0.168. The Morgan fingerprint density at radius 1 is 1.28 bits per heavy atom. The molecule has 0 aliphatic heterocycles. The summed E-state index contributed by atoms with van der Waals surface area (Å²) in [6.45, 7) is 12.5. The number of carbonyl (C=O) groups is 1. The van der Waals surface area contributed by atoms with Crippen LogP contribution in [0.2, 0.25) is 0 Å². The summed E-state index contributed by atoms with van der Waals surface area (Å²) in [5.41, 5.74) is -0.313. The lowest BCUT2D eigenvalue weighted by atomic mass is 9.90. The Morgan fingerprint density at radius 3 is 2.44 bits per heavy atom. The molecule has 1 aromatic rings. The lowest BCUT2D eigenvalue weighted by molar-refractivity contribution is 0.0507. The molecule has 0 fully saturated rings. The fourth-order valence-corrected chi connectivity index (χ4v) is 3.00. The number of amides is 1. The van der Waals surface area contributed by atoms with Crippen molar-refractivity contribution < 1.29 is 13.9 Å². The third-order valence-corrected chi connectivity index (χ3v) is 4.09. The van der Waals surface area contributed by atoms with Crippen LogP contribution in [0.4, 0.5) is 9.18 Å². The van der Waals surface area contributed by atoms with Gasteiger partial charge in [-0.1, -0.05) is 35.8 Å². The third kappa shape index (κ3) is 8.68. The number of nitrogens with one attached hydrogen (secondary N) is 2. The number of alkyl carbamates (subject to hydrolysis) is 1. The summed E-state index contributed by atoms with van der Waals surface area (Å²) in [5, 5.41) is 6.22. The number of hydrogen-bond donors (Lipinski definition) is 2. The Labute approximate surface area is 159 Å². The first-order valence-electron chi connectivity index (χ1n) is 8.56. The average molecular weight is 417 g/mol. The van der Waals surface area contributed by atoms with Crippen molar-refractivity contribution in [3.8, 4) is 0 Å². The molecule has 1 aromatic carbocycles. The smallest absolute Gasteiger partial charge is 0.407 e. The van der Waals surface area contributed by atoms with Crippen LogP contribution < -0.4 is 10.6 Å². The predicted octanol–water partition coefficient (Wildman–Crippen LogP) is 5.01. The highest BCUT2D eigenvalue weighted by Gasteiger charge is 2.27. The maximum absolute atomic E-state index is 14.0. The van der Waals surface area contributed by atoms with Crippen LogP contribution in [-0.2, 0) is 11.3 Å². The van der Waals surface area contributed by atoms with Crippen LogP contribution in [0.15, 0.2) is 22.7 Å². The van der Waals surface area contributed by atoms with Gasteiger partial charge in [0.25, 0.3) is 0 Å². The van der Waals surface area contributed by atoms with Gasteiger partial charge in [0.05, 0.1) is 0 Å². The quantitative estimate of drug-likeness (QED) is 0.656. The van der Waals surface area contributed by atoms with E-state index in [2.05, 4.69) is 40.4 Å². The molecule has 1 atom stereocenters. The van der Waals surface area contributed by atoms with Gasteiger partial charge in [-0.25, -0.2) is 9.18 Å². The summed E-state index contributed by atoms with van der Waals surface area (Å²) in [6.07, 6.45) is 0.389. The number of rotatable bonds is 7. The van der Waals surface area contributed by atoms with Crippen LogP contribution in [0.1, 0.15) is 53.5 Å². The summed E-state index contributed by atoms with van der Waals surface area (Å²) in [6, 6.07) is 5.03. The summed E-state index contributed by atoms with van der Waals surface area (Å²) in [4.78, 5) is 11.9. The fraction of sp³-hybridized carbons (Fsp3) is 0.632. The van der Waals surface area contributed by atoms with E-state index in [1.165, 1.54) is 6.07 Å². The van der Waals surface area contributed by atoms with E-state index in [-0.39, 0.29) is 11.4 Å². The molecule has 0 saturated heterocycles. The Morgan fingerprint density at radius 2 is 1.92 bits per heavy atom. The van der Waals surface area contributed by atoms with E-state index in [4.69, 9.17) is 4.74 Å². The van der Waals surface area contributed by atoms with Gasteiger partial charge in [0, 0.05) is 28.7 Å². The lowest BCUT2D eigenvalue weighted by Crippen LogP contribution is -2.52. The van der Waals surface area contributed by atoms with Gasteiger partial charge in [-0.3, -0.25) is 0 Å². The molecule has 6 heteroatoms. The SMILES string of the molecule is CC(C)CC(C)(CNC(=O)OC(C)(C)C)NCc1ccc(Br)cc1F. The highest BCUT2D eigenvalue weighted by Crippen LogP contribution is 2.19. The Kier molecular flexibility index (Phi) is 7.88. The number of ether oxygens (including phenoxy) is 1. The standard InChI is InChI=1S/C19H30BrFN2O2/c1-13(2)10-19(6,12-22-17(24)25-18(3,4)5)23-11-14-7-8-15(20)9-16(14)21/h7-9,13,23H,10-12H2,1-6H3,(H,22,24). The number of halogens is 2. The average Bonchev–Trinajstić information content (AvgIpc) is 2.42. The van der Waals surface area contributed by atoms with Crippen LogP contribution in [0, 0.1) is 11.7 Å². The molecule has 0 heterocycles. The molecule has 4 nitrogen and oxygen atoms in total.